The number of ether oxygens (including phenoxy) is 1. The molecule has 0 aliphatic carbocycles. The number of nitrogens with one attached hydrogen (secondary N) is 1. The number of rotatable bonds is 6. The Morgan fingerprint density at radius 2 is 2.26 bits per heavy atom. The van der Waals surface area contributed by atoms with Crippen molar-refractivity contribution in [1.29, 1.82) is 0 Å². The number of hydrogen-bond donors (Lipinski definition) is 1. The van der Waals surface area contributed by atoms with Gasteiger partial charge in [-0.15, -0.1) is 0 Å². The summed E-state index contributed by atoms with van der Waals surface area (Å²) in [6.45, 7) is 3.84. The molecular weight excluding hydrogens is 310 g/mol. The van der Waals surface area contributed by atoms with Crippen molar-refractivity contribution in [2.24, 2.45) is 0 Å². The normalized spacial score (nSPS) is 10.7. The first-order valence-corrected chi connectivity index (χ1v) is 6.91. The number of nitrogens with zero attached hydrogens (tertiary/aromatic N) is 2. The average molecular weight is 326 g/mol. The molecule has 6 heteroatoms. The Morgan fingerprint density at radius 3 is 2.95 bits per heavy atom. The van der Waals surface area contributed by atoms with Gasteiger partial charge in [-0.05, 0) is 40.7 Å². The van der Waals surface area contributed by atoms with Crippen LogP contribution in [-0.4, -0.2) is 30.3 Å². The molecule has 1 heterocycles. The molecule has 1 N–H and O–H groups in total. The molecule has 0 unspecified atom stereocenters. The molecule has 0 amide bonds. The molecule has 0 bridgehead atoms. The average Bonchev–Trinajstić information content (AvgIpc) is 2.88. The van der Waals surface area contributed by atoms with Gasteiger partial charge in [-0.1, -0.05) is 12.1 Å². The predicted molar refractivity (Wildman–Crippen MR) is 76.2 cm³/mol. The molecule has 0 atom stereocenters. The molecule has 2 rings (SSSR count). The molecule has 0 fully saturated rings. The molecule has 102 valence electrons. The fraction of sp³-hybridized carbons (Fsp3) is 0.385. The molecule has 5 nitrogen and oxygen atoms in total. The van der Waals surface area contributed by atoms with E-state index in [1.54, 1.807) is 7.11 Å². The topological polar surface area (TPSA) is 60.2 Å². The molecule has 0 saturated heterocycles. The van der Waals surface area contributed by atoms with Crippen molar-refractivity contribution in [2.45, 2.75) is 13.3 Å². The Morgan fingerprint density at radius 1 is 1.42 bits per heavy atom. The van der Waals surface area contributed by atoms with Gasteiger partial charge in [-0.25, -0.2) is 0 Å². The number of hydrogen-bond acceptors (Lipinski definition) is 5. The van der Waals surface area contributed by atoms with Gasteiger partial charge in [0.1, 0.15) is 5.75 Å². The maximum Gasteiger partial charge on any atom is 0.228 e. The van der Waals surface area contributed by atoms with Crippen molar-refractivity contribution in [3.63, 3.8) is 0 Å². The third-order valence-corrected chi connectivity index (χ3v) is 3.26. The van der Waals surface area contributed by atoms with Crippen LogP contribution in [0.5, 0.6) is 5.75 Å². The SMILES string of the molecule is CCNCCc1nc(-c2ccc(OC)c(Br)c2)no1. The van der Waals surface area contributed by atoms with Crippen molar-refractivity contribution in [3.8, 4) is 17.1 Å². The summed E-state index contributed by atoms with van der Waals surface area (Å²) in [4.78, 5) is 4.37. The molecule has 0 aliphatic heterocycles. The number of aromatic nitrogens is 2. The lowest BCUT2D eigenvalue weighted by Crippen LogP contribution is -2.16. The van der Waals surface area contributed by atoms with Gasteiger partial charge in [0.15, 0.2) is 0 Å². The van der Waals surface area contributed by atoms with Gasteiger partial charge >= 0.3 is 0 Å². The highest BCUT2D eigenvalue weighted by molar-refractivity contribution is 9.10. The second kappa shape index (κ2) is 6.68. The number of likely N-dealkylation sites (N-methyl/N-ethyl adjacent to an activating group) is 1. The summed E-state index contributed by atoms with van der Waals surface area (Å²) in [5, 5.41) is 7.20. The van der Waals surface area contributed by atoms with Crippen LogP contribution in [0.2, 0.25) is 0 Å². The maximum absolute atomic E-state index is 5.21. The molecule has 1 aromatic heterocycles. The van der Waals surface area contributed by atoms with Crippen molar-refractivity contribution in [1.82, 2.24) is 15.5 Å². The highest BCUT2D eigenvalue weighted by Gasteiger charge is 2.10. The van der Waals surface area contributed by atoms with Crippen molar-refractivity contribution >= 4 is 15.9 Å². The highest BCUT2D eigenvalue weighted by atomic mass is 79.9. The zero-order valence-corrected chi connectivity index (χ0v) is 12.5. The third-order valence-electron chi connectivity index (χ3n) is 2.64. The summed E-state index contributed by atoms with van der Waals surface area (Å²) in [5.41, 5.74) is 0.895. The van der Waals surface area contributed by atoms with E-state index in [1.807, 2.05) is 18.2 Å². The van der Waals surface area contributed by atoms with Crippen LogP contribution in [0.25, 0.3) is 11.4 Å². The van der Waals surface area contributed by atoms with Crippen LogP contribution in [0.4, 0.5) is 0 Å². The van der Waals surface area contributed by atoms with E-state index in [-0.39, 0.29) is 0 Å². The summed E-state index contributed by atoms with van der Waals surface area (Å²) in [6, 6.07) is 5.69. The zero-order valence-electron chi connectivity index (χ0n) is 10.9. The van der Waals surface area contributed by atoms with Gasteiger partial charge in [0.05, 0.1) is 11.6 Å². The van der Waals surface area contributed by atoms with Crippen LogP contribution in [0, 0.1) is 0 Å². The minimum Gasteiger partial charge on any atom is -0.496 e. The van der Waals surface area contributed by atoms with Crippen LogP contribution in [0.3, 0.4) is 0 Å². The minimum atomic E-state index is 0.592. The molecular formula is C13H16BrN3O2. The molecule has 0 spiro atoms. The van der Waals surface area contributed by atoms with E-state index in [1.165, 1.54) is 0 Å². The summed E-state index contributed by atoms with van der Waals surface area (Å²) in [5.74, 6) is 2.01. The Hall–Kier alpha value is -1.40. The lowest BCUT2D eigenvalue weighted by atomic mass is 10.2. The lowest BCUT2D eigenvalue weighted by Gasteiger charge is -2.03. The van der Waals surface area contributed by atoms with Gasteiger partial charge in [0, 0.05) is 18.5 Å². The van der Waals surface area contributed by atoms with E-state index in [4.69, 9.17) is 9.26 Å². The van der Waals surface area contributed by atoms with Crippen LogP contribution >= 0.6 is 15.9 Å². The van der Waals surface area contributed by atoms with Gasteiger partial charge in [-0.2, -0.15) is 4.98 Å². The van der Waals surface area contributed by atoms with E-state index >= 15 is 0 Å². The predicted octanol–water partition coefficient (Wildman–Crippen LogP) is 2.66. The Labute approximate surface area is 120 Å². The first kappa shape index (κ1) is 14.0. The van der Waals surface area contributed by atoms with Crippen LogP contribution < -0.4 is 10.1 Å². The van der Waals surface area contributed by atoms with Crippen molar-refractivity contribution in [2.75, 3.05) is 20.2 Å². The van der Waals surface area contributed by atoms with Crippen molar-refractivity contribution in [3.05, 3.63) is 28.6 Å². The smallest absolute Gasteiger partial charge is 0.228 e. The molecule has 1 aromatic carbocycles. The standard InChI is InChI=1S/C13H16BrN3O2/c1-3-15-7-6-12-16-13(17-19-12)9-4-5-11(18-2)10(14)8-9/h4-5,8,15H,3,6-7H2,1-2H3. The van der Waals surface area contributed by atoms with E-state index in [9.17, 15) is 0 Å². The van der Waals surface area contributed by atoms with E-state index in [0.29, 0.717) is 11.7 Å². The van der Waals surface area contributed by atoms with E-state index in [0.717, 1.165) is 35.3 Å². The lowest BCUT2D eigenvalue weighted by molar-refractivity contribution is 0.377. The first-order valence-electron chi connectivity index (χ1n) is 6.11. The number of halogens is 1. The Kier molecular flexibility index (Phi) is 4.93. The highest BCUT2D eigenvalue weighted by Crippen LogP contribution is 2.29. The number of benzene rings is 1. The molecule has 0 radical (unpaired) electrons. The quantitative estimate of drug-likeness (QED) is 0.827. The minimum absolute atomic E-state index is 0.592. The first-order chi connectivity index (χ1) is 9.24. The largest absolute Gasteiger partial charge is 0.496 e. The van der Waals surface area contributed by atoms with Gasteiger partial charge in [0.2, 0.25) is 11.7 Å². The molecule has 0 aliphatic rings. The molecule has 19 heavy (non-hydrogen) atoms. The summed E-state index contributed by atoms with van der Waals surface area (Å²) in [7, 11) is 1.63. The fourth-order valence-corrected chi connectivity index (χ4v) is 2.19. The van der Waals surface area contributed by atoms with Crippen molar-refractivity contribution < 1.29 is 9.26 Å². The molecule has 2 aromatic rings. The van der Waals surface area contributed by atoms with Gasteiger partial charge < -0.3 is 14.6 Å². The van der Waals surface area contributed by atoms with E-state index < -0.39 is 0 Å². The third kappa shape index (κ3) is 3.54. The van der Waals surface area contributed by atoms with Gasteiger partial charge in [0.25, 0.3) is 0 Å². The Balaban J connectivity index is 2.11. The van der Waals surface area contributed by atoms with Gasteiger partial charge in [-0.3, -0.25) is 0 Å². The maximum atomic E-state index is 5.21. The van der Waals surface area contributed by atoms with Crippen LogP contribution in [-0.2, 0) is 6.42 Å². The number of methoxy groups -OCH3 is 1. The van der Waals surface area contributed by atoms with Crippen LogP contribution in [0.15, 0.2) is 27.2 Å². The summed E-state index contributed by atoms with van der Waals surface area (Å²) in [6.07, 6.45) is 0.734. The second-order valence-corrected chi connectivity index (χ2v) is 4.82. The zero-order chi connectivity index (χ0) is 13.7. The monoisotopic (exact) mass is 325 g/mol. The molecule has 0 saturated carbocycles. The summed E-state index contributed by atoms with van der Waals surface area (Å²) < 4.78 is 11.3. The van der Waals surface area contributed by atoms with E-state index in [2.05, 4.69) is 38.3 Å². The summed E-state index contributed by atoms with van der Waals surface area (Å²) >= 11 is 3.44. The fourth-order valence-electron chi connectivity index (χ4n) is 1.65. The second-order valence-electron chi connectivity index (χ2n) is 3.96. The Bertz CT molecular complexity index is 542. The van der Waals surface area contributed by atoms with Crippen LogP contribution in [0.1, 0.15) is 12.8 Å².